The summed E-state index contributed by atoms with van der Waals surface area (Å²) in [6.07, 6.45) is 0.935. The van der Waals surface area contributed by atoms with Gasteiger partial charge in [0.05, 0.1) is 13.7 Å². The molecule has 3 rings (SSSR count). The topological polar surface area (TPSA) is 66.6 Å². The van der Waals surface area contributed by atoms with Crippen LogP contribution in [0.15, 0.2) is 53.1 Å². The van der Waals surface area contributed by atoms with Gasteiger partial charge in [-0.15, -0.1) is 0 Å². The Morgan fingerprint density at radius 2 is 1.68 bits per heavy atom. The molecule has 0 saturated heterocycles. The lowest BCUT2D eigenvalue weighted by molar-refractivity contribution is 0.253. The van der Waals surface area contributed by atoms with Gasteiger partial charge in [-0.2, -0.15) is 4.98 Å². The van der Waals surface area contributed by atoms with Crippen molar-refractivity contribution in [1.29, 1.82) is 0 Å². The molecule has 0 spiro atoms. The number of para-hydroxylation sites is 2. The predicted octanol–water partition coefficient (Wildman–Crippen LogP) is 4.11. The lowest BCUT2D eigenvalue weighted by atomic mass is 10.2. The van der Waals surface area contributed by atoms with Crippen molar-refractivity contribution in [3.63, 3.8) is 0 Å². The fourth-order valence-corrected chi connectivity index (χ4v) is 2.21. The van der Waals surface area contributed by atoms with Gasteiger partial charge in [0.2, 0.25) is 5.82 Å². The van der Waals surface area contributed by atoms with E-state index in [1.165, 1.54) is 0 Å². The van der Waals surface area contributed by atoms with Gasteiger partial charge in [0.25, 0.3) is 5.89 Å². The Labute approximate surface area is 146 Å². The van der Waals surface area contributed by atoms with Gasteiger partial charge in [-0.05, 0) is 42.8 Å². The van der Waals surface area contributed by atoms with Crippen LogP contribution in [0.25, 0.3) is 11.5 Å². The fourth-order valence-electron chi connectivity index (χ4n) is 2.21. The molecule has 0 aliphatic rings. The van der Waals surface area contributed by atoms with Crippen LogP contribution < -0.4 is 14.2 Å². The number of benzene rings is 2. The molecule has 0 aliphatic heterocycles. The van der Waals surface area contributed by atoms with Gasteiger partial charge >= 0.3 is 0 Å². The first-order chi connectivity index (χ1) is 12.3. The molecule has 0 fully saturated rings. The molecule has 2 aromatic carbocycles. The molecular formula is C19H20N2O4. The molecule has 3 aromatic rings. The highest BCUT2D eigenvalue weighted by atomic mass is 16.5. The van der Waals surface area contributed by atoms with Crippen LogP contribution in [0.2, 0.25) is 0 Å². The van der Waals surface area contributed by atoms with E-state index in [1.54, 1.807) is 7.11 Å². The minimum absolute atomic E-state index is 0.201. The molecular weight excluding hydrogens is 320 g/mol. The average Bonchev–Trinajstić information content (AvgIpc) is 3.14. The maximum atomic E-state index is 5.78. The number of methoxy groups -OCH3 is 1. The molecule has 0 radical (unpaired) electrons. The van der Waals surface area contributed by atoms with Gasteiger partial charge in [-0.1, -0.05) is 24.2 Å². The molecule has 6 heteroatoms. The van der Waals surface area contributed by atoms with E-state index in [1.807, 2.05) is 48.5 Å². The van der Waals surface area contributed by atoms with Crippen molar-refractivity contribution in [1.82, 2.24) is 10.1 Å². The second-order valence-corrected chi connectivity index (χ2v) is 5.33. The van der Waals surface area contributed by atoms with E-state index in [0.717, 1.165) is 17.7 Å². The number of hydrogen-bond acceptors (Lipinski definition) is 6. The van der Waals surface area contributed by atoms with Gasteiger partial charge in [0, 0.05) is 5.56 Å². The largest absolute Gasteiger partial charge is 0.497 e. The Bertz CT molecular complexity index is 799. The minimum atomic E-state index is 0.201. The molecule has 0 N–H and O–H groups in total. The number of aromatic nitrogens is 2. The number of rotatable bonds is 8. The van der Waals surface area contributed by atoms with E-state index < -0.39 is 0 Å². The number of hydrogen-bond donors (Lipinski definition) is 0. The van der Waals surface area contributed by atoms with Crippen LogP contribution in [0, 0.1) is 0 Å². The monoisotopic (exact) mass is 340 g/mol. The first-order valence-electron chi connectivity index (χ1n) is 8.11. The molecule has 0 saturated carbocycles. The standard InChI is InChI=1S/C19H20N2O4/c1-3-12-23-16-6-4-5-7-17(16)24-13-18-20-19(25-21-18)14-8-10-15(22-2)11-9-14/h4-11H,3,12-13H2,1-2H3. The molecule has 0 unspecified atom stereocenters. The van der Waals surface area contributed by atoms with Crippen molar-refractivity contribution >= 4 is 0 Å². The average molecular weight is 340 g/mol. The Morgan fingerprint density at radius 3 is 2.36 bits per heavy atom. The normalized spacial score (nSPS) is 10.5. The summed E-state index contributed by atoms with van der Waals surface area (Å²) in [5, 5.41) is 3.96. The van der Waals surface area contributed by atoms with Gasteiger partial charge in [0.1, 0.15) is 5.75 Å². The SMILES string of the molecule is CCCOc1ccccc1OCc1noc(-c2ccc(OC)cc2)n1. The van der Waals surface area contributed by atoms with E-state index in [9.17, 15) is 0 Å². The maximum absolute atomic E-state index is 5.78. The van der Waals surface area contributed by atoms with E-state index in [2.05, 4.69) is 17.1 Å². The molecule has 130 valence electrons. The summed E-state index contributed by atoms with van der Waals surface area (Å²) in [5.74, 6) is 3.05. The highest BCUT2D eigenvalue weighted by Gasteiger charge is 2.11. The smallest absolute Gasteiger partial charge is 0.258 e. The Morgan fingerprint density at radius 1 is 0.960 bits per heavy atom. The third kappa shape index (κ3) is 4.29. The van der Waals surface area contributed by atoms with Crippen molar-refractivity contribution in [2.45, 2.75) is 20.0 Å². The van der Waals surface area contributed by atoms with Crippen LogP contribution in [-0.4, -0.2) is 23.9 Å². The van der Waals surface area contributed by atoms with Crippen LogP contribution in [0.3, 0.4) is 0 Å². The summed E-state index contributed by atoms with van der Waals surface area (Å²) in [4.78, 5) is 4.36. The summed E-state index contributed by atoms with van der Waals surface area (Å²) >= 11 is 0. The lowest BCUT2D eigenvalue weighted by Crippen LogP contribution is -2.01. The van der Waals surface area contributed by atoms with Crippen molar-refractivity contribution in [2.75, 3.05) is 13.7 Å². The van der Waals surface area contributed by atoms with Crippen LogP contribution in [0.4, 0.5) is 0 Å². The van der Waals surface area contributed by atoms with E-state index in [4.69, 9.17) is 18.7 Å². The summed E-state index contributed by atoms with van der Waals surface area (Å²) in [5.41, 5.74) is 0.825. The van der Waals surface area contributed by atoms with Gasteiger partial charge in [0.15, 0.2) is 18.1 Å². The highest BCUT2D eigenvalue weighted by Crippen LogP contribution is 2.27. The first-order valence-corrected chi connectivity index (χ1v) is 8.11. The summed E-state index contributed by atoms with van der Waals surface area (Å²) in [6, 6.07) is 15.0. The van der Waals surface area contributed by atoms with Crippen molar-refractivity contribution < 1.29 is 18.7 Å². The third-order valence-electron chi connectivity index (χ3n) is 3.47. The lowest BCUT2D eigenvalue weighted by Gasteiger charge is -2.10. The molecule has 0 amide bonds. The summed E-state index contributed by atoms with van der Waals surface area (Å²) < 4.78 is 21.9. The maximum Gasteiger partial charge on any atom is 0.258 e. The number of ether oxygens (including phenoxy) is 3. The van der Waals surface area contributed by atoms with Crippen LogP contribution >= 0.6 is 0 Å². The summed E-state index contributed by atoms with van der Waals surface area (Å²) in [7, 11) is 1.62. The zero-order valence-corrected chi connectivity index (χ0v) is 14.3. The molecule has 1 aromatic heterocycles. The van der Waals surface area contributed by atoms with Gasteiger partial charge in [-0.25, -0.2) is 0 Å². The quantitative estimate of drug-likeness (QED) is 0.615. The second kappa shape index (κ2) is 8.19. The third-order valence-corrected chi connectivity index (χ3v) is 3.47. The Balaban J connectivity index is 1.66. The van der Waals surface area contributed by atoms with E-state index in [0.29, 0.717) is 29.8 Å². The molecule has 1 heterocycles. The second-order valence-electron chi connectivity index (χ2n) is 5.33. The van der Waals surface area contributed by atoms with Crippen LogP contribution in [0.5, 0.6) is 17.2 Å². The van der Waals surface area contributed by atoms with Crippen LogP contribution in [-0.2, 0) is 6.61 Å². The Kier molecular flexibility index (Phi) is 5.51. The van der Waals surface area contributed by atoms with Gasteiger partial charge in [-0.3, -0.25) is 0 Å². The Hall–Kier alpha value is -3.02. The predicted molar refractivity (Wildman–Crippen MR) is 92.8 cm³/mol. The van der Waals surface area contributed by atoms with Crippen molar-refractivity contribution in [2.24, 2.45) is 0 Å². The van der Waals surface area contributed by atoms with Crippen molar-refractivity contribution in [3.8, 4) is 28.7 Å². The molecule has 0 bridgehead atoms. The fraction of sp³-hybridized carbons (Fsp3) is 0.263. The molecule has 0 aliphatic carbocycles. The molecule has 25 heavy (non-hydrogen) atoms. The summed E-state index contributed by atoms with van der Waals surface area (Å²) in [6.45, 7) is 2.90. The molecule has 6 nitrogen and oxygen atoms in total. The first kappa shape index (κ1) is 16.8. The van der Waals surface area contributed by atoms with E-state index >= 15 is 0 Å². The van der Waals surface area contributed by atoms with Gasteiger partial charge < -0.3 is 18.7 Å². The number of nitrogens with zero attached hydrogens (tertiary/aromatic N) is 2. The van der Waals surface area contributed by atoms with E-state index in [-0.39, 0.29) is 6.61 Å². The molecule has 0 atom stereocenters. The minimum Gasteiger partial charge on any atom is -0.497 e. The zero-order chi connectivity index (χ0) is 17.5. The van der Waals surface area contributed by atoms with Crippen molar-refractivity contribution in [3.05, 3.63) is 54.4 Å². The zero-order valence-electron chi connectivity index (χ0n) is 14.3. The van der Waals surface area contributed by atoms with Crippen LogP contribution in [0.1, 0.15) is 19.2 Å². The highest BCUT2D eigenvalue weighted by molar-refractivity contribution is 5.54.